The highest BCUT2D eigenvalue weighted by Crippen LogP contribution is 2.30. The number of amidine groups is 1. The van der Waals surface area contributed by atoms with Crippen molar-refractivity contribution in [1.29, 1.82) is 0 Å². The standard InChI is InChI=1S/C20H17Cl2N3O2S/c1-2-11-25-18(26)12-17(19(27)23-15-7-3-13(21)4-8-15)28-20(25)24-16-9-5-14(22)6-10-16/h2-10,17H,1,11-12H2,(H,23,27)/t17-/m0/s1. The maximum Gasteiger partial charge on any atom is 0.238 e. The second-order valence-corrected chi connectivity index (χ2v) is 8.01. The summed E-state index contributed by atoms with van der Waals surface area (Å²) in [4.78, 5) is 31.4. The fourth-order valence-electron chi connectivity index (χ4n) is 2.53. The predicted octanol–water partition coefficient (Wildman–Crippen LogP) is 5.14. The maximum absolute atomic E-state index is 12.7. The number of benzene rings is 2. The van der Waals surface area contributed by atoms with Crippen LogP contribution in [0.15, 0.2) is 66.2 Å². The monoisotopic (exact) mass is 433 g/mol. The maximum atomic E-state index is 12.7. The SMILES string of the molecule is C=CCN1C(=O)C[C@@H](C(=O)Nc2ccc(Cl)cc2)SC1=Nc1ccc(Cl)cc1. The first kappa shape index (κ1) is 20.5. The van der Waals surface area contributed by atoms with Crippen LogP contribution in [0.3, 0.4) is 0 Å². The largest absolute Gasteiger partial charge is 0.325 e. The van der Waals surface area contributed by atoms with Gasteiger partial charge in [-0.1, -0.05) is 41.0 Å². The highest BCUT2D eigenvalue weighted by atomic mass is 35.5. The normalized spacial score (nSPS) is 18.2. The lowest BCUT2D eigenvalue weighted by molar-refractivity contribution is -0.129. The number of anilines is 1. The number of halogens is 2. The number of nitrogens with zero attached hydrogens (tertiary/aromatic N) is 2. The van der Waals surface area contributed by atoms with Crippen molar-refractivity contribution in [2.45, 2.75) is 11.7 Å². The summed E-state index contributed by atoms with van der Waals surface area (Å²) in [6.07, 6.45) is 1.71. The first-order valence-electron chi connectivity index (χ1n) is 8.45. The van der Waals surface area contributed by atoms with Crippen LogP contribution in [-0.2, 0) is 9.59 Å². The lowest BCUT2D eigenvalue weighted by atomic mass is 10.2. The molecule has 28 heavy (non-hydrogen) atoms. The molecular weight excluding hydrogens is 417 g/mol. The van der Waals surface area contributed by atoms with E-state index in [1.165, 1.54) is 16.7 Å². The van der Waals surface area contributed by atoms with Crippen LogP contribution in [0.25, 0.3) is 0 Å². The van der Waals surface area contributed by atoms with E-state index in [0.717, 1.165) is 0 Å². The molecule has 0 aliphatic carbocycles. The van der Waals surface area contributed by atoms with Gasteiger partial charge in [0, 0.05) is 28.7 Å². The minimum Gasteiger partial charge on any atom is -0.325 e. The Morgan fingerprint density at radius 2 is 1.79 bits per heavy atom. The van der Waals surface area contributed by atoms with Gasteiger partial charge in [0.15, 0.2) is 5.17 Å². The van der Waals surface area contributed by atoms with Crippen LogP contribution >= 0.6 is 35.0 Å². The van der Waals surface area contributed by atoms with Gasteiger partial charge >= 0.3 is 0 Å². The summed E-state index contributed by atoms with van der Waals surface area (Å²) in [5, 5.41) is 3.86. The zero-order valence-electron chi connectivity index (χ0n) is 14.8. The molecule has 144 valence electrons. The number of thioether (sulfide) groups is 1. The Bertz CT molecular complexity index is 914. The van der Waals surface area contributed by atoms with Crippen molar-refractivity contribution in [1.82, 2.24) is 4.90 Å². The van der Waals surface area contributed by atoms with Crippen LogP contribution in [0.5, 0.6) is 0 Å². The lowest BCUT2D eigenvalue weighted by Gasteiger charge is -2.31. The summed E-state index contributed by atoms with van der Waals surface area (Å²) in [6.45, 7) is 4.02. The molecule has 1 N–H and O–H groups in total. The van der Waals surface area contributed by atoms with Crippen molar-refractivity contribution in [3.05, 3.63) is 71.2 Å². The minimum absolute atomic E-state index is 0.0809. The van der Waals surface area contributed by atoms with Crippen LogP contribution in [0, 0.1) is 0 Å². The molecule has 0 aromatic heterocycles. The third-order valence-electron chi connectivity index (χ3n) is 3.91. The van der Waals surface area contributed by atoms with Crippen molar-refractivity contribution in [3.63, 3.8) is 0 Å². The van der Waals surface area contributed by atoms with Gasteiger partial charge in [-0.15, -0.1) is 6.58 Å². The van der Waals surface area contributed by atoms with E-state index in [1.807, 2.05) is 0 Å². The van der Waals surface area contributed by atoms with Crippen molar-refractivity contribution in [3.8, 4) is 0 Å². The molecule has 1 aliphatic rings. The fraction of sp³-hybridized carbons (Fsp3) is 0.150. The summed E-state index contributed by atoms with van der Waals surface area (Å²) in [5.41, 5.74) is 1.26. The van der Waals surface area contributed by atoms with Gasteiger partial charge in [0.05, 0.1) is 5.69 Å². The molecule has 5 nitrogen and oxygen atoms in total. The molecule has 1 aliphatic heterocycles. The summed E-state index contributed by atoms with van der Waals surface area (Å²) in [7, 11) is 0. The van der Waals surface area contributed by atoms with Crippen molar-refractivity contribution in [2.75, 3.05) is 11.9 Å². The molecule has 8 heteroatoms. The Balaban J connectivity index is 1.81. The van der Waals surface area contributed by atoms with Crippen LogP contribution in [0.2, 0.25) is 10.0 Å². The molecule has 1 fully saturated rings. The topological polar surface area (TPSA) is 61.8 Å². The Hall–Kier alpha value is -2.28. The van der Waals surface area contributed by atoms with E-state index in [0.29, 0.717) is 33.1 Å². The molecule has 0 unspecified atom stereocenters. The van der Waals surface area contributed by atoms with Crippen molar-refractivity contribution >= 4 is 63.3 Å². The number of hydrogen-bond acceptors (Lipinski definition) is 4. The average Bonchev–Trinajstić information content (AvgIpc) is 2.68. The summed E-state index contributed by atoms with van der Waals surface area (Å²) >= 11 is 13.0. The zero-order chi connectivity index (χ0) is 20.1. The number of aliphatic imine (C=N–C) groups is 1. The van der Waals surface area contributed by atoms with Gasteiger partial charge < -0.3 is 5.32 Å². The van der Waals surface area contributed by atoms with E-state index < -0.39 is 5.25 Å². The number of rotatable bonds is 5. The third kappa shape index (κ3) is 5.16. The molecule has 1 atom stereocenters. The van der Waals surface area contributed by atoms with Gasteiger partial charge in [0.25, 0.3) is 0 Å². The molecule has 3 rings (SSSR count). The summed E-state index contributed by atoms with van der Waals surface area (Å²) in [5.74, 6) is -0.439. The summed E-state index contributed by atoms with van der Waals surface area (Å²) in [6, 6.07) is 13.8. The number of carbonyl (C=O) groups is 2. The molecule has 0 bridgehead atoms. The smallest absolute Gasteiger partial charge is 0.238 e. The molecule has 1 heterocycles. The Morgan fingerprint density at radius 1 is 1.18 bits per heavy atom. The second kappa shape index (κ2) is 9.28. The van der Waals surface area contributed by atoms with Gasteiger partial charge in [-0.3, -0.25) is 14.5 Å². The summed E-state index contributed by atoms with van der Waals surface area (Å²) < 4.78 is 0. The van der Waals surface area contributed by atoms with Crippen LogP contribution in [0.4, 0.5) is 11.4 Å². The molecular formula is C20H17Cl2N3O2S. The average molecular weight is 434 g/mol. The van der Waals surface area contributed by atoms with Crippen LogP contribution in [0.1, 0.15) is 6.42 Å². The molecule has 0 saturated carbocycles. The van der Waals surface area contributed by atoms with Crippen LogP contribution < -0.4 is 5.32 Å². The molecule has 1 saturated heterocycles. The zero-order valence-corrected chi connectivity index (χ0v) is 17.1. The Kier molecular flexibility index (Phi) is 6.78. The van der Waals surface area contributed by atoms with E-state index in [2.05, 4.69) is 16.9 Å². The molecule has 2 aromatic carbocycles. The van der Waals surface area contributed by atoms with Gasteiger partial charge in [-0.25, -0.2) is 4.99 Å². The van der Waals surface area contributed by atoms with E-state index in [4.69, 9.17) is 23.2 Å². The Morgan fingerprint density at radius 3 is 2.39 bits per heavy atom. The number of amides is 2. The predicted molar refractivity (Wildman–Crippen MR) is 117 cm³/mol. The van der Waals surface area contributed by atoms with E-state index in [9.17, 15) is 9.59 Å². The van der Waals surface area contributed by atoms with E-state index in [-0.39, 0.29) is 18.2 Å². The third-order valence-corrected chi connectivity index (χ3v) is 5.60. The highest BCUT2D eigenvalue weighted by molar-refractivity contribution is 8.15. The van der Waals surface area contributed by atoms with Gasteiger partial charge in [0.1, 0.15) is 5.25 Å². The first-order valence-corrected chi connectivity index (χ1v) is 10.1. The highest BCUT2D eigenvalue weighted by Gasteiger charge is 2.35. The van der Waals surface area contributed by atoms with E-state index >= 15 is 0 Å². The number of carbonyl (C=O) groups excluding carboxylic acids is 2. The fourth-order valence-corrected chi connectivity index (χ4v) is 3.89. The second-order valence-electron chi connectivity index (χ2n) is 5.97. The van der Waals surface area contributed by atoms with E-state index in [1.54, 1.807) is 54.6 Å². The minimum atomic E-state index is -0.588. The lowest BCUT2D eigenvalue weighted by Crippen LogP contribution is -2.45. The number of hydrogen-bond donors (Lipinski definition) is 1. The van der Waals surface area contributed by atoms with Crippen molar-refractivity contribution in [2.24, 2.45) is 4.99 Å². The van der Waals surface area contributed by atoms with Gasteiger partial charge in [-0.2, -0.15) is 0 Å². The molecule has 0 spiro atoms. The first-order chi connectivity index (χ1) is 13.5. The van der Waals surface area contributed by atoms with Crippen molar-refractivity contribution < 1.29 is 9.59 Å². The molecule has 0 radical (unpaired) electrons. The molecule has 2 aromatic rings. The quantitative estimate of drug-likeness (QED) is 0.663. The van der Waals surface area contributed by atoms with Crippen LogP contribution in [-0.4, -0.2) is 33.7 Å². The van der Waals surface area contributed by atoms with Gasteiger partial charge in [-0.05, 0) is 48.5 Å². The number of nitrogens with one attached hydrogen (secondary N) is 1. The van der Waals surface area contributed by atoms with Gasteiger partial charge in [0.2, 0.25) is 11.8 Å². The Labute approximate surface area is 177 Å². The molecule has 2 amide bonds.